The van der Waals surface area contributed by atoms with Gasteiger partial charge in [-0.1, -0.05) is 11.8 Å². The van der Waals surface area contributed by atoms with Crippen LogP contribution < -0.4 is 5.32 Å². The maximum atomic E-state index is 12.5. The van der Waals surface area contributed by atoms with E-state index < -0.39 is 10.0 Å². The molecule has 140 valence electrons. The number of carbonyl (C=O) groups is 1. The number of sulfonamides is 1. The van der Waals surface area contributed by atoms with Gasteiger partial charge in [0.1, 0.15) is 6.33 Å². The van der Waals surface area contributed by atoms with Crippen molar-refractivity contribution >= 4 is 33.4 Å². The summed E-state index contributed by atoms with van der Waals surface area (Å²) in [7, 11) is -1.63. The molecule has 0 unspecified atom stereocenters. The first-order valence-corrected chi connectivity index (χ1v) is 10.6. The van der Waals surface area contributed by atoms with Crippen molar-refractivity contribution in [3.8, 4) is 0 Å². The van der Waals surface area contributed by atoms with Crippen LogP contribution in [0.5, 0.6) is 0 Å². The molecular formula is C16H21N5O3S2. The van der Waals surface area contributed by atoms with Crippen LogP contribution in [0, 0.1) is 0 Å². The summed E-state index contributed by atoms with van der Waals surface area (Å²) in [4.78, 5) is 12.6. The van der Waals surface area contributed by atoms with Crippen LogP contribution in [-0.2, 0) is 21.9 Å². The third kappa shape index (κ3) is 4.08. The molecule has 0 saturated carbocycles. The number of carbonyl (C=O) groups excluding carboxylic acids is 1. The molecule has 1 amide bonds. The molecule has 0 aliphatic carbocycles. The van der Waals surface area contributed by atoms with Crippen molar-refractivity contribution in [2.24, 2.45) is 7.05 Å². The van der Waals surface area contributed by atoms with Crippen molar-refractivity contribution in [3.05, 3.63) is 30.6 Å². The summed E-state index contributed by atoms with van der Waals surface area (Å²) in [6.45, 7) is 2.91. The highest BCUT2D eigenvalue weighted by molar-refractivity contribution is 8.00. The van der Waals surface area contributed by atoms with Crippen molar-refractivity contribution < 1.29 is 13.2 Å². The standard InChI is InChI=1S/C16H21N5O3S2/c1-12(25-16-19-17-11-20(16)2)15(22)18-13-5-7-14(8-6-13)26(23,24)21-9-3-4-10-21/h5-8,11-12H,3-4,9-10H2,1-2H3,(H,18,22)/t12-/m0/s1. The Bertz CT molecular complexity index is 874. The number of nitrogens with one attached hydrogen (secondary N) is 1. The Morgan fingerprint density at radius 3 is 2.46 bits per heavy atom. The highest BCUT2D eigenvalue weighted by atomic mass is 32.2. The van der Waals surface area contributed by atoms with Gasteiger partial charge in [-0.05, 0) is 44.0 Å². The Morgan fingerprint density at radius 2 is 1.88 bits per heavy atom. The number of aromatic nitrogens is 3. The van der Waals surface area contributed by atoms with Crippen molar-refractivity contribution in [2.75, 3.05) is 18.4 Å². The second-order valence-electron chi connectivity index (χ2n) is 6.11. The molecule has 1 N–H and O–H groups in total. The minimum absolute atomic E-state index is 0.187. The second kappa shape index (κ2) is 7.77. The van der Waals surface area contributed by atoms with E-state index in [4.69, 9.17) is 0 Å². The SMILES string of the molecule is C[C@H](Sc1nncn1C)C(=O)Nc1ccc(S(=O)(=O)N2CCCC2)cc1. The van der Waals surface area contributed by atoms with Gasteiger partial charge in [0.2, 0.25) is 15.9 Å². The van der Waals surface area contributed by atoms with Gasteiger partial charge in [-0.15, -0.1) is 10.2 Å². The summed E-state index contributed by atoms with van der Waals surface area (Å²) < 4.78 is 28.3. The molecule has 2 aromatic rings. The second-order valence-corrected chi connectivity index (χ2v) is 9.36. The van der Waals surface area contributed by atoms with E-state index >= 15 is 0 Å². The van der Waals surface area contributed by atoms with Crippen LogP contribution in [0.2, 0.25) is 0 Å². The molecule has 2 heterocycles. The van der Waals surface area contributed by atoms with Gasteiger partial charge in [-0.25, -0.2) is 8.42 Å². The highest BCUT2D eigenvalue weighted by Gasteiger charge is 2.27. The number of nitrogens with zero attached hydrogens (tertiary/aromatic N) is 4. The van der Waals surface area contributed by atoms with E-state index in [1.807, 2.05) is 7.05 Å². The smallest absolute Gasteiger partial charge is 0.243 e. The number of amides is 1. The molecule has 8 nitrogen and oxygen atoms in total. The van der Waals surface area contributed by atoms with Crippen LogP contribution in [0.3, 0.4) is 0 Å². The van der Waals surface area contributed by atoms with E-state index in [-0.39, 0.29) is 16.1 Å². The van der Waals surface area contributed by atoms with Gasteiger partial charge in [0, 0.05) is 25.8 Å². The summed E-state index contributed by atoms with van der Waals surface area (Å²) >= 11 is 1.30. The van der Waals surface area contributed by atoms with Crippen molar-refractivity contribution in [3.63, 3.8) is 0 Å². The maximum absolute atomic E-state index is 12.5. The van der Waals surface area contributed by atoms with E-state index in [9.17, 15) is 13.2 Å². The van der Waals surface area contributed by atoms with Crippen LogP contribution >= 0.6 is 11.8 Å². The summed E-state index contributed by atoms with van der Waals surface area (Å²) in [5, 5.41) is 10.8. The summed E-state index contributed by atoms with van der Waals surface area (Å²) in [6.07, 6.45) is 3.37. The lowest BCUT2D eigenvalue weighted by atomic mass is 10.3. The van der Waals surface area contributed by atoms with Crippen LogP contribution in [0.25, 0.3) is 0 Å². The molecule has 1 aromatic carbocycles. The minimum atomic E-state index is -3.44. The Morgan fingerprint density at radius 1 is 1.23 bits per heavy atom. The summed E-state index contributed by atoms with van der Waals surface area (Å²) in [6, 6.07) is 6.29. The lowest BCUT2D eigenvalue weighted by Gasteiger charge is -2.16. The molecule has 3 rings (SSSR count). The first-order chi connectivity index (χ1) is 12.4. The van der Waals surface area contributed by atoms with Crippen molar-refractivity contribution in [1.82, 2.24) is 19.1 Å². The van der Waals surface area contributed by atoms with E-state index in [1.54, 1.807) is 30.0 Å². The first kappa shape index (κ1) is 18.9. The zero-order valence-electron chi connectivity index (χ0n) is 14.6. The maximum Gasteiger partial charge on any atom is 0.243 e. The zero-order chi connectivity index (χ0) is 18.7. The van der Waals surface area contributed by atoms with Gasteiger partial charge in [-0.3, -0.25) is 4.79 Å². The lowest BCUT2D eigenvalue weighted by Crippen LogP contribution is -2.27. The fraction of sp³-hybridized carbons (Fsp3) is 0.438. The number of anilines is 1. The molecule has 1 atom stereocenters. The predicted molar refractivity (Wildman–Crippen MR) is 99.4 cm³/mol. The zero-order valence-corrected chi connectivity index (χ0v) is 16.3. The largest absolute Gasteiger partial charge is 0.325 e. The first-order valence-electron chi connectivity index (χ1n) is 8.29. The lowest BCUT2D eigenvalue weighted by molar-refractivity contribution is -0.115. The van der Waals surface area contributed by atoms with Gasteiger partial charge >= 0.3 is 0 Å². The van der Waals surface area contributed by atoms with Gasteiger partial charge in [-0.2, -0.15) is 4.31 Å². The number of aryl methyl sites for hydroxylation is 1. The predicted octanol–water partition coefficient (Wildman–Crippen LogP) is 1.72. The average Bonchev–Trinajstić information content (AvgIpc) is 3.28. The molecule has 1 aromatic heterocycles. The molecule has 0 spiro atoms. The summed E-state index contributed by atoms with van der Waals surface area (Å²) in [5.41, 5.74) is 0.556. The van der Waals surface area contributed by atoms with E-state index in [1.165, 1.54) is 28.2 Å². The van der Waals surface area contributed by atoms with Crippen LogP contribution in [-0.4, -0.2) is 51.7 Å². The summed E-state index contributed by atoms with van der Waals surface area (Å²) in [5.74, 6) is -0.187. The van der Waals surface area contributed by atoms with E-state index in [2.05, 4.69) is 15.5 Å². The Hall–Kier alpha value is -1.91. The normalized spacial score (nSPS) is 16.5. The fourth-order valence-electron chi connectivity index (χ4n) is 2.62. The van der Waals surface area contributed by atoms with E-state index in [0.717, 1.165) is 12.8 Å². The molecule has 1 aliphatic heterocycles. The van der Waals surface area contributed by atoms with Crippen LogP contribution in [0.15, 0.2) is 40.6 Å². The Balaban J connectivity index is 1.63. The quantitative estimate of drug-likeness (QED) is 0.748. The Kier molecular flexibility index (Phi) is 5.64. The molecule has 1 aliphatic rings. The highest BCUT2D eigenvalue weighted by Crippen LogP contribution is 2.24. The minimum Gasteiger partial charge on any atom is -0.325 e. The molecule has 26 heavy (non-hydrogen) atoms. The number of rotatable bonds is 6. The fourth-order valence-corrected chi connectivity index (χ4v) is 4.93. The van der Waals surface area contributed by atoms with Crippen LogP contribution in [0.4, 0.5) is 5.69 Å². The van der Waals surface area contributed by atoms with Crippen molar-refractivity contribution in [1.29, 1.82) is 0 Å². The molecule has 0 bridgehead atoms. The Labute approximate surface area is 157 Å². The molecule has 1 saturated heterocycles. The van der Waals surface area contributed by atoms with Crippen molar-refractivity contribution in [2.45, 2.75) is 35.1 Å². The molecule has 1 fully saturated rings. The number of benzene rings is 1. The molecule has 0 radical (unpaired) electrons. The average molecular weight is 396 g/mol. The van der Waals surface area contributed by atoms with Crippen LogP contribution in [0.1, 0.15) is 19.8 Å². The number of hydrogen-bond donors (Lipinski definition) is 1. The molecular weight excluding hydrogens is 374 g/mol. The van der Waals surface area contributed by atoms with E-state index in [0.29, 0.717) is 23.9 Å². The van der Waals surface area contributed by atoms with Gasteiger partial charge in [0.15, 0.2) is 5.16 Å². The van der Waals surface area contributed by atoms with Gasteiger partial charge < -0.3 is 9.88 Å². The van der Waals surface area contributed by atoms with Gasteiger partial charge in [0.05, 0.1) is 10.1 Å². The monoisotopic (exact) mass is 395 g/mol. The number of thioether (sulfide) groups is 1. The third-order valence-corrected chi connectivity index (χ3v) is 7.21. The third-order valence-electron chi connectivity index (χ3n) is 4.15. The molecule has 10 heteroatoms. The number of hydrogen-bond acceptors (Lipinski definition) is 6. The van der Waals surface area contributed by atoms with Gasteiger partial charge in [0.25, 0.3) is 0 Å². The topological polar surface area (TPSA) is 97.2 Å².